The summed E-state index contributed by atoms with van der Waals surface area (Å²) in [6.07, 6.45) is 6.00. The normalized spacial score (nSPS) is 21.9. The van der Waals surface area contributed by atoms with Gasteiger partial charge in [-0.25, -0.2) is 4.79 Å². The summed E-state index contributed by atoms with van der Waals surface area (Å²) >= 11 is 0. The van der Waals surface area contributed by atoms with Crippen LogP contribution in [-0.4, -0.2) is 31.6 Å². The number of ether oxygens (including phenoxy) is 1. The Morgan fingerprint density at radius 3 is 2.48 bits per heavy atom. The van der Waals surface area contributed by atoms with E-state index in [0.29, 0.717) is 29.8 Å². The molecule has 5 heteroatoms. The number of methoxy groups -OCH3 is 1. The van der Waals surface area contributed by atoms with E-state index in [1.165, 1.54) is 7.11 Å². The van der Waals surface area contributed by atoms with E-state index in [1.54, 1.807) is 6.21 Å². The fourth-order valence-electron chi connectivity index (χ4n) is 3.73. The van der Waals surface area contributed by atoms with Gasteiger partial charge in [0.1, 0.15) is 0 Å². The summed E-state index contributed by atoms with van der Waals surface area (Å²) in [6, 6.07) is 9.63. The van der Waals surface area contributed by atoms with Crippen LogP contribution in [0.1, 0.15) is 31.7 Å². The lowest BCUT2D eigenvalue weighted by atomic mass is 9.77. The Hall–Kier alpha value is -2.95. The Labute approximate surface area is 159 Å². The first-order valence-corrected chi connectivity index (χ1v) is 9.04. The van der Waals surface area contributed by atoms with Gasteiger partial charge in [0.05, 0.1) is 12.7 Å². The molecule has 1 aromatic carbocycles. The Morgan fingerprint density at radius 2 is 1.85 bits per heavy atom. The number of aliphatic imine (C=N–C) groups is 1. The number of benzene rings is 1. The number of hydrogen-bond acceptors (Lipinski definition) is 5. The van der Waals surface area contributed by atoms with Gasteiger partial charge in [-0.05, 0) is 25.5 Å². The maximum Gasteiger partial charge on any atom is 0.336 e. The topological polar surface area (TPSA) is 67.8 Å². The van der Waals surface area contributed by atoms with Gasteiger partial charge in [-0.15, -0.1) is 0 Å². The van der Waals surface area contributed by atoms with E-state index in [2.05, 4.69) is 10.3 Å². The average Bonchev–Trinajstić information content (AvgIpc) is 2.68. The predicted octanol–water partition coefficient (Wildman–Crippen LogP) is 3.31. The van der Waals surface area contributed by atoms with Crippen LogP contribution in [0.25, 0.3) is 0 Å². The summed E-state index contributed by atoms with van der Waals surface area (Å²) < 4.78 is 5.02. The van der Waals surface area contributed by atoms with Gasteiger partial charge >= 0.3 is 5.97 Å². The van der Waals surface area contributed by atoms with Gasteiger partial charge in [0.2, 0.25) is 0 Å². The second-order valence-electron chi connectivity index (χ2n) is 6.82. The maximum atomic E-state index is 13.3. The number of allylic oxidation sites excluding steroid dienone is 4. The maximum absolute atomic E-state index is 13.3. The van der Waals surface area contributed by atoms with Crippen molar-refractivity contribution in [3.63, 3.8) is 0 Å². The van der Waals surface area contributed by atoms with E-state index in [4.69, 9.17) is 4.74 Å². The standard InChI is InChI=1S/C22H24N2O3/c1-14-19(18(25)12-16-8-7-11-23-13-16)21(17-9-5-4-6-10-17)20(15(2)24-14)22(26)27-3/h4-11,16,21,24H,12-13H2,1-3H3. The summed E-state index contributed by atoms with van der Waals surface area (Å²) in [5, 5.41) is 3.20. The van der Waals surface area contributed by atoms with E-state index in [1.807, 2.05) is 56.3 Å². The fraction of sp³-hybridized carbons (Fsp3) is 0.318. The van der Waals surface area contributed by atoms with Gasteiger partial charge < -0.3 is 10.1 Å². The molecule has 2 atom stereocenters. The molecule has 0 aliphatic carbocycles. The molecule has 0 saturated heterocycles. The van der Waals surface area contributed by atoms with E-state index in [9.17, 15) is 9.59 Å². The number of nitrogens with one attached hydrogen (secondary N) is 1. The van der Waals surface area contributed by atoms with Crippen LogP contribution in [0.4, 0.5) is 0 Å². The summed E-state index contributed by atoms with van der Waals surface area (Å²) in [6.45, 7) is 4.33. The molecule has 0 spiro atoms. The van der Waals surface area contributed by atoms with Crippen LogP contribution in [0.15, 0.2) is 70.0 Å². The van der Waals surface area contributed by atoms with E-state index < -0.39 is 11.9 Å². The van der Waals surface area contributed by atoms with E-state index in [0.717, 1.165) is 11.3 Å². The monoisotopic (exact) mass is 364 g/mol. The molecule has 5 nitrogen and oxygen atoms in total. The van der Waals surface area contributed by atoms with Gasteiger partial charge in [-0.3, -0.25) is 9.79 Å². The van der Waals surface area contributed by atoms with Crippen LogP contribution in [0.5, 0.6) is 0 Å². The third-order valence-electron chi connectivity index (χ3n) is 4.96. The van der Waals surface area contributed by atoms with Gasteiger partial charge in [-0.1, -0.05) is 36.4 Å². The number of hydrogen-bond donors (Lipinski definition) is 1. The first-order valence-electron chi connectivity index (χ1n) is 9.04. The first kappa shape index (κ1) is 18.8. The van der Waals surface area contributed by atoms with Crippen LogP contribution in [-0.2, 0) is 14.3 Å². The molecule has 2 aliphatic heterocycles. The molecule has 3 rings (SSSR count). The number of esters is 1. The highest BCUT2D eigenvalue weighted by Crippen LogP contribution is 2.39. The van der Waals surface area contributed by atoms with Crippen LogP contribution in [0.2, 0.25) is 0 Å². The summed E-state index contributed by atoms with van der Waals surface area (Å²) in [4.78, 5) is 30.0. The average molecular weight is 364 g/mol. The zero-order valence-corrected chi connectivity index (χ0v) is 15.9. The molecule has 2 aliphatic rings. The van der Waals surface area contributed by atoms with Crippen molar-refractivity contribution in [1.29, 1.82) is 0 Å². The molecule has 1 N–H and O–H groups in total. The molecule has 0 radical (unpaired) electrons. The lowest BCUT2D eigenvalue weighted by molar-refractivity contribution is -0.136. The van der Waals surface area contributed by atoms with Crippen LogP contribution in [0, 0.1) is 5.92 Å². The van der Waals surface area contributed by atoms with Crippen molar-refractivity contribution in [2.45, 2.75) is 26.2 Å². The molecule has 2 unspecified atom stereocenters. The quantitative estimate of drug-likeness (QED) is 0.814. The number of nitrogens with zero attached hydrogens (tertiary/aromatic N) is 1. The van der Waals surface area contributed by atoms with Gasteiger partial charge in [0.15, 0.2) is 5.78 Å². The minimum Gasteiger partial charge on any atom is -0.466 e. The Bertz CT molecular complexity index is 863. The highest BCUT2D eigenvalue weighted by atomic mass is 16.5. The molecule has 140 valence electrons. The van der Waals surface area contributed by atoms with Gasteiger partial charge in [0.25, 0.3) is 0 Å². The van der Waals surface area contributed by atoms with Crippen LogP contribution < -0.4 is 5.32 Å². The Balaban J connectivity index is 2.02. The summed E-state index contributed by atoms with van der Waals surface area (Å²) in [5.41, 5.74) is 3.50. The lowest BCUT2D eigenvalue weighted by Gasteiger charge is -2.31. The number of ketones is 1. The van der Waals surface area contributed by atoms with Crippen molar-refractivity contribution < 1.29 is 14.3 Å². The Morgan fingerprint density at radius 1 is 1.15 bits per heavy atom. The van der Waals surface area contributed by atoms with Gasteiger partial charge in [0, 0.05) is 48.0 Å². The van der Waals surface area contributed by atoms with E-state index in [-0.39, 0.29) is 11.7 Å². The van der Waals surface area contributed by atoms with Crippen molar-refractivity contribution >= 4 is 18.0 Å². The van der Waals surface area contributed by atoms with Crippen LogP contribution >= 0.6 is 0 Å². The second-order valence-corrected chi connectivity index (χ2v) is 6.82. The molecule has 0 fully saturated rings. The van der Waals surface area contributed by atoms with Crippen molar-refractivity contribution in [3.8, 4) is 0 Å². The molecular weight excluding hydrogens is 340 g/mol. The fourth-order valence-corrected chi connectivity index (χ4v) is 3.73. The minimum absolute atomic E-state index is 0.0227. The largest absolute Gasteiger partial charge is 0.466 e. The van der Waals surface area contributed by atoms with Crippen molar-refractivity contribution in [1.82, 2.24) is 5.32 Å². The summed E-state index contributed by atoms with van der Waals surface area (Å²) in [7, 11) is 1.36. The lowest BCUT2D eigenvalue weighted by Crippen LogP contribution is -2.32. The number of carbonyl (C=O) groups is 2. The zero-order valence-electron chi connectivity index (χ0n) is 15.9. The molecule has 0 aromatic heterocycles. The van der Waals surface area contributed by atoms with Crippen molar-refractivity contribution in [2.75, 3.05) is 13.7 Å². The third kappa shape index (κ3) is 3.92. The second kappa shape index (κ2) is 8.16. The molecule has 2 heterocycles. The van der Waals surface area contributed by atoms with Gasteiger partial charge in [-0.2, -0.15) is 0 Å². The SMILES string of the molecule is COC(=O)C1=C(C)NC(C)=C(C(=O)CC2C=CC=NC2)C1c1ccccc1. The number of Topliss-reactive ketones (excluding diaryl/α,β-unsaturated/α-hetero) is 1. The molecule has 0 saturated carbocycles. The smallest absolute Gasteiger partial charge is 0.336 e. The number of dihydropyridines is 2. The van der Waals surface area contributed by atoms with Crippen molar-refractivity contribution in [2.24, 2.45) is 10.9 Å². The highest BCUT2D eigenvalue weighted by Gasteiger charge is 2.37. The predicted molar refractivity (Wildman–Crippen MR) is 105 cm³/mol. The molecule has 1 aromatic rings. The summed E-state index contributed by atoms with van der Waals surface area (Å²) in [5.74, 6) is -0.764. The molecular formula is C22H24N2O3. The Kier molecular flexibility index (Phi) is 5.69. The van der Waals surface area contributed by atoms with Crippen LogP contribution in [0.3, 0.4) is 0 Å². The number of carbonyl (C=O) groups excluding carboxylic acids is 2. The highest BCUT2D eigenvalue weighted by molar-refractivity contribution is 6.03. The molecule has 27 heavy (non-hydrogen) atoms. The third-order valence-corrected chi connectivity index (χ3v) is 4.96. The number of rotatable bonds is 5. The molecule has 0 bridgehead atoms. The minimum atomic E-state index is -0.441. The molecule has 0 amide bonds. The first-order chi connectivity index (χ1) is 13.0. The van der Waals surface area contributed by atoms with E-state index >= 15 is 0 Å². The zero-order chi connectivity index (χ0) is 19.4. The van der Waals surface area contributed by atoms with Crippen molar-refractivity contribution in [3.05, 3.63) is 70.6 Å².